The second kappa shape index (κ2) is 8.48. The van der Waals surface area contributed by atoms with E-state index in [1.807, 2.05) is 12.3 Å². The molecule has 0 saturated carbocycles. The van der Waals surface area contributed by atoms with Crippen LogP contribution in [0.3, 0.4) is 0 Å². The second-order valence-corrected chi connectivity index (χ2v) is 9.13. The summed E-state index contributed by atoms with van der Waals surface area (Å²) in [5.41, 5.74) is 7.05. The van der Waals surface area contributed by atoms with Gasteiger partial charge < -0.3 is 0 Å². The first-order chi connectivity index (χ1) is 17.9. The molecule has 0 spiro atoms. The van der Waals surface area contributed by atoms with E-state index in [1.165, 1.54) is 54.6 Å². The molecule has 0 aliphatic heterocycles. The first kappa shape index (κ1) is 20.6. The molecular weight excluding hydrogens is 434 g/mol. The van der Waals surface area contributed by atoms with Crippen LogP contribution in [-0.4, -0.2) is 4.98 Å². The maximum absolute atomic E-state index is 4.98. The van der Waals surface area contributed by atoms with Crippen LogP contribution in [0.15, 0.2) is 140 Å². The average Bonchev–Trinajstić information content (AvgIpc) is 2.96. The van der Waals surface area contributed by atoms with Crippen LogP contribution in [0.1, 0.15) is 0 Å². The first-order valence-electron chi connectivity index (χ1n) is 12.3. The number of nitrogens with zero attached hydrogens (tertiary/aromatic N) is 1. The molecule has 1 heterocycles. The fourth-order valence-electron chi connectivity index (χ4n) is 5.57. The Morgan fingerprint density at radius 1 is 0.361 bits per heavy atom. The highest BCUT2D eigenvalue weighted by Gasteiger charge is 2.20. The number of hydrogen-bond acceptors (Lipinski definition) is 1. The monoisotopic (exact) mass is 457 g/mol. The van der Waals surface area contributed by atoms with Gasteiger partial charge in [0.05, 0.1) is 5.69 Å². The minimum Gasteiger partial charge on any atom is -0.256 e. The van der Waals surface area contributed by atoms with E-state index in [9.17, 15) is 0 Å². The molecule has 0 amide bonds. The van der Waals surface area contributed by atoms with Gasteiger partial charge in [0.15, 0.2) is 0 Å². The van der Waals surface area contributed by atoms with Gasteiger partial charge in [-0.25, -0.2) is 0 Å². The van der Waals surface area contributed by atoms with Crippen molar-refractivity contribution in [3.63, 3.8) is 0 Å². The molecule has 0 atom stereocenters. The second-order valence-electron chi connectivity index (χ2n) is 9.13. The highest BCUT2D eigenvalue weighted by Crippen LogP contribution is 2.46. The zero-order valence-corrected chi connectivity index (χ0v) is 19.7. The standard InChI is InChI=1S/C35H23N/c1-2-12-25(13-3-1)27-22-11-23-36-35(27)34-31-19-8-6-17-29(31)33(30-18-7-9-20-32(30)34)28-21-10-15-24-14-4-5-16-26(24)28/h1-23H. The maximum Gasteiger partial charge on any atom is 0.0792 e. The molecule has 168 valence electrons. The van der Waals surface area contributed by atoms with E-state index < -0.39 is 0 Å². The first-order valence-corrected chi connectivity index (χ1v) is 12.3. The van der Waals surface area contributed by atoms with Crippen LogP contribution in [0.2, 0.25) is 0 Å². The maximum atomic E-state index is 4.98. The summed E-state index contributed by atoms with van der Waals surface area (Å²) in [5.74, 6) is 0. The molecule has 0 N–H and O–H groups in total. The molecule has 0 radical (unpaired) electrons. The van der Waals surface area contributed by atoms with Crippen LogP contribution in [-0.2, 0) is 0 Å². The van der Waals surface area contributed by atoms with Crippen molar-refractivity contribution in [2.75, 3.05) is 0 Å². The topological polar surface area (TPSA) is 12.9 Å². The lowest BCUT2D eigenvalue weighted by molar-refractivity contribution is 1.34. The van der Waals surface area contributed by atoms with E-state index in [4.69, 9.17) is 4.98 Å². The average molecular weight is 458 g/mol. The number of rotatable bonds is 3. The van der Waals surface area contributed by atoms with Crippen LogP contribution in [0.4, 0.5) is 0 Å². The van der Waals surface area contributed by atoms with Gasteiger partial charge in [-0.2, -0.15) is 0 Å². The Hall–Kier alpha value is -4.75. The van der Waals surface area contributed by atoms with E-state index in [0.29, 0.717) is 0 Å². The van der Waals surface area contributed by atoms with Crippen molar-refractivity contribution >= 4 is 32.3 Å². The van der Waals surface area contributed by atoms with E-state index in [1.54, 1.807) is 0 Å². The molecule has 0 aliphatic carbocycles. The Balaban J connectivity index is 1.65. The van der Waals surface area contributed by atoms with Gasteiger partial charge in [-0.1, -0.05) is 127 Å². The fraction of sp³-hybridized carbons (Fsp3) is 0. The molecule has 36 heavy (non-hydrogen) atoms. The largest absolute Gasteiger partial charge is 0.256 e. The molecule has 7 aromatic rings. The smallest absolute Gasteiger partial charge is 0.0792 e. The van der Waals surface area contributed by atoms with Crippen molar-refractivity contribution in [3.05, 3.63) is 140 Å². The van der Waals surface area contributed by atoms with E-state index in [-0.39, 0.29) is 0 Å². The molecule has 7 rings (SSSR count). The number of fused-ring (bicyclic) bond motifs is 3. The summed E-state index contributed by atoms with van der Waals surface area (Å²) in [5, 5.41) is 7.44. The predicted molar refractivity (Wildman–Crippen MR) is 153 cm³/mol. The third kappa shape index (κ3) is 3.21. The van der Waals surface area contributed by atoms with Gasteiger partial charge in [-0.15, -0.1) is 0 Å². The van der Waals surface area contributed by atoms with Crippen LogP contribution in [0, 0.1) is 0 Å². The third-order valence-electron chi connectivity index (χ3n) is 7.12. The van der Waals surface area contributed by atoms with E-state index >= 15 is 0 Å². The Morgan fingerprint density at radius 2 is 0.889 bits per heavy atom. The van der Waals surface area contributed by atoms with Gasteiger partial charge in [-0.05, 0) is 55.1 Å². The highest BCUT2D eigenvalue weighted by molar-refractivity contribution is 6.23. The molecule has 6 aromatic carbocycles. The number of aromatic nitrogens is 1. The number of benzene rings is 6. The van der Waals surface area contributed by atoms with Gasteiger partial charge in [0.1, 0.15) is 0 Å². The van der Waals surface area contributed by atoms with Crippen LogP contribution in [0.25, 0.3) is 65.8 Å². The van der Waals surface area contributed by atoms with E-state index in [0.717, 1.165) is 11.3 Å². The zero-order valence-electron chi connectivity index (χ0n) is 19.7. The molecule has 0 fully saturated rings. The summed E-state index contributed by atoms with van der Waals surface area (Å²) in [6.07, 6.45) is 1.91. The lowest BCUT2D eigenvalue weighted by Gasteiger charge is -2.19. The van der Waals surface area contributed by atoms with Gasteiger partial charge in [0.25, 0.3) is 0 Å². The Bertz CT molecular complexity index is 1820. The van der Waals surface area contributed by atoms with Crippen molar-refractivity contribution in [2.24, 2.45) is 0 Å². The summed E-state index contributed by atoms with van der Waals surface area (Å²) in [7, 11) is 0. The minimum atomic E-state index is 1.01. The summed E-state index contributed by atoms with van der Waals surface area (Å²) >= 11 is 0. The predicted octanol–water partition coefficient (Wildman–Crippen LogP) is 9.54. The molecule has 0 saturated heterocycles. The lowest BCUT2D eigenvalue weighted by atomic mass is 9.84. The summed E-state index contributed by atoms with van der Waals surface area (Å²) in [6.45, 7) is 0. The van der Waals surface area contributed by atoms with Crippen molar-refractivity contribution in [1.82, 2.24) is 4.98 Å². The minimum absolute atomic E-state index is 1.01. The number of hydrogen-bond donors (Lipinski definition) is 0. The SMILES string of the molecule is c1ccc(-c2cccnc2-c2c3ccccc3c(-c3cccc4ccccc34)c3ccccc23)cc1. The summed E-state index contributed by atoms with van der Waals surface area (Å²) in [6, 6.07) is 47.6. The van der Waals surface area contributed by atoms with Crippen molar-refractivity contribution in [3.8, 4) is 33.5 Å². The van der Waals surface area contributed by atoms with E-state index in [2.05, 4.69) is 127 Å². The zero-order chi connectivity index (χ0) is 23.9. The van der Waals surface area contributed by atoms with Crippen molar-refractivity contribution < 1.29 is 0 Å². The molecule has 1 heteroatoms. The Morgan fingerprint density at radius 3 is 1.58 bits per heavy atom. The van der Waals surface area contributed by atoms with Crippen LogP contribution in [0.5, 0.6) is 0 Å². The quantitative estimate of drug-likeness (QED) is 0.241. The highest BCUT2D eigenvalue weighted by atomic mass is 14.7. The molecular formula is C35H23N. The molecule has 1 nitrogen and oxygen atoms in total. The van der Waals surface area contributed by atoms with Gasteiger partial charge >= 0.3 is 0 Å². The van der Waals surface area contributed by atoms with Gasteiger partial charge in [-0.3, -0.25) is 4.98 Å². The lowest BCUT2D eigenvalue weighted by Crippen LogP contribution is -1.94. The summed E-state index contributed by atoms with van der Waals surface area (Å²) < 4.78 is 0. The molecule has 0 bridgehead atoms. The number of pyridine rings is 1. The third-order valence-corrected chi connectivity index (χ3v) is 7.12. The summed E-state index contributed by atoms with van der Waals surface area (Å²) in [4.78, 5) is 4.98. The fourth-order valence-corrected chi connectivity index (χ4v) is 5.57. The molecule has 0 unspecified atom stereocenters. The Labute approximate surface area is 210 Å². The van der Waals surface area contributed by atoms with Crippen molar-refractivity contribution in [1.29, 1.82) is 0 Å². The van der Waals surface area contributed by atoms with Crippen molar-refractivity contribution in [2.45, 2.75) is 0 Å². The molecule has 1 aromatic heterocycles. The van der Waals surface area contributed by atoms with Crippen LogP contribution < -0.4 is 0 Å². The van der Waals surface area contributed by atoms with Gasteiger partial charge in [0, 0.05) is 17.3 Å². The van der Waals surface area contributed by atoms with Gasteiger partial charge in [0.2, 0.25) is 0 Å². The molecule has 0 aliphatic rings. The Kier molecular flexibility index (Phi) is 4.85. The van der Waals surface area contributed by atoms with Crippen LogP contribution >= 0.6 is 0 Å². The normalized spacial score (nSPS) is 11.3.